The fraction of sp³-hybridized carbons (Fsp3) is 0.455. The number of fused-ring (bicyclic) bond motifs is 1. The van der Waals surface area contributed by atoms with E-state index in [1.807, 2.05) is 19.9 Å². The molecule has 0 radical (unpaired) electrons. The molecular weight excluding hydrogens is 462 g/mol. The molecule has 1 saturated heterocycles. The van der Waals surface area contributed by atoms with Crippen LogP contribution in [0.5, 0.6) is 0 Å². The SMILES string of the molecule is Cc1sc2ncn(CC(=O)NCc3ccccn3)c(=O)c2c1S(=O)(=O)N1C[C@H](C)C[C@@H](C)C1. The average molecular weight is 490 g/mol. The van der Waals surface area contributed by atoms with Crippen LogP contribution in [0.3, 0.4) is 0 Å². The van der Waals surface area contributed by atoms with Gasteiger partial charge in [0.15, 0.2) is 0 Å². The third-order valence-corrected chi connectivity index (χ3v) is 8.89. The molecule has 2 atom stereocenters. The molecule has 4 rings (SSSR count). The van der Waals surface area contributed by atoms with Gasteiger partial charge in [-0.15, -0.1) is 11.3 Å². The van der Waals surface area contributed by atoms with Crippen LogP contribution in [0.4, 0.5) is 0 Å². The Morgan fingerprint density at radius 1 is 1.21 bits per heavy atom. The van der Waals surface area contributed by atoms with Crippen molar-refractivity contribution < 1.29 is 13.2 Å². The minimum atomic E-state index is -3.87. The maximum absolute atomic E-state index is 13.6. The number of nitrogens with zero attached hydrogens (tertiary/aromatic N) is 4. The Hall–Kier alpha value is -2.63. The summed E-state index contributed by atoms with van der Waals surface area (Å²) in [6.07, 6.45) is 3.90. The van der Waals surface area contributed by atoms with Crippen LogP contribution in [0.25, 0.3) is 10.2 Å². The lowest BCUT2D eigenvalue weighted by molar-refractivity contribution is -0.121. The van der Waals surface area contributed by atoms with Gasteiger partial charge < -0.3 is 5.32 Å². The minimum Gasteiger partial charge on any atom is -0.349 e. The van der Waals surface area contributed by atoms with Crippen LogP contribution in [-0.2, 0) is 27.9 Å². The largest absolute Gasteiger partial charge is 0.349 e. The van der Waals surface area contributed by atoms with Crippen molar-refractivity contribution in [3.8, 4) is 0 Å². The van der Waals surface area contributed by atoms with Crippen LogP contribution in [-0.4, -0.2) is 46.3 Å². The molecule has 0 aliphatic carbocycles. The fourth-order valence-corrected chi connectivity index (χ4v) is 7.72. The molecule has 1 aliphatic heterocycles. The van der Waals surface area contributed by atoms with E-state index < -0.39 is 15.6 Å². The summed E-state index contributed by atoms with van der Waals surface area (Å²) in [7, 11) is -3.87. The maximum Gasteiger partial charge on any atom is 0.263 e. The molecule has 1 N–H and O–H groups in total. The Labute approximate surface area is 196 Å². The van der Waals surface area contributed by atoms with Crippen molar-refractivity contribution in [2.75, 3.05) is 13.1 Å². The number of pyridine rings is 1. The van der Waals surface area contributed by atoms with Crippen LogP contribution >= 0.6 is 11.3 Å². The summed E-state index contributed by atoms with van der Waals surface area (Å²) in [5.74, 6) is 0.0940. The Morgan fingerprint density at radius 3 is 2.61 bits per heavy atom. The lowest BCUT2D eigenvalue weighted by Crippen LogP contribution is -2.43. The van der Waals surface area contributed by atoms with Gasteiger partial charge in [-0.2, -0.15) is 4.31 Å². The molecule has 0 spiro atoms. The topological polar surface area (TPSA) is 114 Å². The zero-order valence-corrected chi connectivity index (χ0v) is 20.4. The Balaban J connectivity index is 1.64. The second kappa shape index (κ2) is 9.32. The number of nitrogens with one attached hydrogen (secondary N) is 1. The summed E-state index contributed by atoms with van der Waals surface area (Å²) in [4.78, 5) is 35.1. The van der Waals surface area contributed by atoms with Crippen LogP contribution in [0.2, 0.25) is 0 Å². The van der Waals surface area contributed by atoms with Gasteiger partial charge in [0.2, 0.25) is 15.9 Å². The molecule has 1 amide bonds. The van der Waals surface area contributed by atoms with Crippen molar-refractivity contribution in [2.24, 2.45) is 11.8 Å². The quantitative estimate of drug-likeness (QED) is 0.567. The van der Waals surface area contributed by atoms with Gasteiger partial charge in [0.25, 0.3) is 5.56 Å². The first-order valence-electron chi connectivity index (χ1n) is 10.8. The Kier molecular flexibility index (Phi) is 6.64. The number of hydrogen-bond donors (Lipinski definition) is 1. The highest BCUT2D eigenvalue weighted by Gasteiger charge is 2.35. The van der Waals surface area contributed by atoms with Crippen LogP contribution in [0.15, 0.2) is 40.4 Å². The van der Waals surface area contributed by atoms with E-state index in [1.165, 1.54) is 22.0 Å². The summed E-state index contributed by atoms with van der Waals surface area (Å²) in [6, 6.07) is 5.39. The highest BCUT2D eigenvalue weighted by molar-refractivity contribution is 7.89. The van der Waals surface area contributed by atoms with Crippen molar-refractivity contribution in [1.82, 2.24) is 24.2 Å². The molecule has 4 heterocycles. The standard InChI is InChI=1S/C22H27N5O4S2/c1-14-8-15(2)11-27(10-14)33(30,31)20-16(3)32-21-19(20)22(29)26(13-25-21)12-18(28)24-9-17-6-4-5-7-23-17/h4-7,13-15H,8-12H2,1-3H3,(H,24,28)/t14-,15-/m1/s1. The number of rotatable bonds is 6. The van der Waals surface area contributed by atoms with Gasteiger partial charge in [0, 0.05) is 24.2 Å². The highest BCUT2D eigenvalue weighted by Crippen LogP contribution is 2.35. The second-order valence-electron chi connectivity index (χ2n) is 8.71. The number of thiophene rings is 1. The first-order chi connectivity index (χ1) is 15.7. The predicted molar refractivity (Wildman–Crippen MR) is 126 cm³/mol. The van der Waals surface area contributed by atoms with Crippen LogP contribution < -0.4 is 10.9 Å². The number of amides is 1. The Bertz CT molecular complexity index is 1320. The number of aromatic nitrogens is 3. The van der Waals surface area contributed by atoms with Gasteiger partial charge in [-0.3, -0.25) is 19.1 Å². The van der Waals surface area contributed by atoms with Gasteiger partial charge in [-0.25, -0.2) is 13.4 Å². The number of carbonyl (C=O) groups excluding carboxylic acids is 1. The van der Waals surface area contributed by atoms with Crippen LogP contribution in [0.1, 0.15) is 30.8 Å². The molecule has 3 aromatic heterocycles. The van der Waals surface area contributed by atoms with Crippen molar-refractivity contribution in [1.29, 1.82) is 0 Å². The van der Waals surface area contributed by atoms with Crippen molar-refractivity contribution in [3.63, 3.8) is 0 Å². The lowest BCUT2D eigenvalue weighted by atomic mass is 9.94. The number of aryl methyl sites for hydroxylation is 1. The molecule has 33 heavy (non-hydrogen) atoms. The van der Waals surface area contributed by atoms with Gasteiger partial charge in [-0.1, -0.05) is 19.9 Å². The fourth-order valence-electron chi connectivity index (χ4n) is 4.37. The van der Waals surface area contributed by atoms with E-state index in [4.69, 9.17) is 0 Å². The van der Waals surface area contributed by atoms with Gasteiger partial charge in [0.05, 0.1) is 24.0 Å². The van der Waals surface area contributed by atoms with Crippen molar-refractivity contribution in [2.45, 2.75) is 45.2 Å². The smallest absolute Gasteiger partial charge is 0.263 e. The van der Waals surface area contributed by atoms with E-state index in [1.54, 1.807) is 25.3 Å². The molecule has 1 fully saturated rings. The molecular formula is C22H27N5O4S2. The summed E-state index contributed by atoms with van der Waals surface area (Å²) in [6.45, 7) is 6.58. The number of piperidine rings is 1. The second-order valence-corrected chi connectivity index (χ2v) is 11.8. The van der Waals surface area contributed by atoms with E-state index in [9.17, 15) is 18.0 Å². The summed E-state index contributed by atoms with van der Waals surface area (Å²) < 4.78 is 29.8. The molecule has 3 aromatic rings. The van der Waals surface area contributed by atoms with E-state index in [-0.39, 0.29) is 41.1 Å². The van der Waals surface area contributed by atoms with Gasteiger partial charge in [-0.05, 0) is 37.3 Å². The molecule has 0 aromatic carbocycles. The third-order valence-electron chi connectivity index (χ3n) is 5.74. The van der Waals surface area contributed by atoms with E-state index in [0.29, 0.717) is 28.5 Å². The number of hydrogen-bond acceptors (Lipinski definition) is 7. The minimum absolute atomic E-state index is 0.0181. The third kappa shape index (κ3) is 4.85. The number of carbonyl (C=O) groups is 1. The zero-order valence-electron chi connectivity index (χ0n) is 18.8. The summed E-state index contributed by atoms with van der Waals surface area (Å²) >= 11 is 1.18. The highest BCUT2D eigenvalue weighted by atomic mass is 32.2. The maximum atomic E-state index is 13.6. The molecule has 0 unspecified atom stereocenters. The van der Waals surface area contributed by atoms with E-state index in [2.05, 4.69) is 15.3 Å². The first-order valence-corrected chi connectivity index (χ1v) is 13.1. The predicted octanol–water partition coefficient (Wildman–Crippen LogP) is 2.14. The zero-order chi connectivity index (χ0) is 23.8. The van der Waals surface area contributed by atoms with Crippen molar-refractivity contribution >= 4 is 37.5 Å². The van der Waals surface area contributed by atoms with Crippen LogP contribution in [0, 0.1) is 18.8 Å². The molecule has 11 heteroatoms. The molecule has 0 bridgehead atoms. The number of sulfonamides is 1. The summed E-state index contributed by atoms with van der Waals surface area (Å²) in [5.41, 5.74) is 0.160. The lowest BCUT2D eigenvalue weighted by Gasteiger charge is -2.34. The monoisotopic (exact) mass is 489 g/mol. The van der Waals surface area contributed by atoms with E-state index in [0.717, 1.165) is 11.0 Å². The average Bonchev–Trinajstić information content (AvgIpc) is 3.12. The molecule has 9 nitrogen and oxygen atoms in total. The van der Waals surface area contributed by atoms with Crippen molar-refractivity contribution in [3.05, 3.63) is 51.6 Å². The Morgan fingerprint density at radius 2 is 1.94 bits per heavy atom. The van der Waals surface area contributed by atoms with Gasteiger partial charge in [0.1, 0.15) is 16.3 Å². The molecule has 0 saturated carbocycles. The first kappa shape index (κ1) is 23.5. The molecule has 1 aliphatic rings. The van der Waals surface area contributed by atoms with Gasteiger partial charge >= 0.3 is 0 Å². The molecule has 176 valence electrons. The normalized spacial score (nSPS) is 19.6. The van der Waals surface area contributed by atoms with E-state index >= 15 is 0 Å². The summed E-state index contributed by atoms with van der Waals surface area (Å²) in [5, 5.41) is 2.78.